The van der Waals surface area contributed by atoms with E-state index in [1.54, 1.807) is 0 Å². The summed E-state index contributed by atoms with van der Waals surface area (Å²) >= 11 is 0. The van der Waals surface area contributed by atoms with Crippen LogP contribution in [0.2, 0.25) is 0 Å². The summed E-state index contributed by atoms with van der Waals surface area (Å²) in [5.74, 6) is -0.309. The Labute approximate surface area is 356 Å². The van der Waals surface area contributed by atoms with E-state index in [1.165, 1.54) is 180 Å². The summed E-state index contributed by atoms with van der Waals surface area (Å²) < 4.78 is 22.9. The van der Waals surface area contributed by atoms with Crippen molar-refractivity contribution >= 4 is 5.97 Å². The molecule has 0 aromatic heterocycles. The minimum Gasteiger partial charge on any atom is -0.457 e. The lowest BCUT2D eigenvalue weighted by atomic mass is 9.99. The molecular formula is C49H94O9. The Morgan fingerprint density at radius 2 is 0.948 bits per heavy atom. The van der Waals surface area contributed by atoms with Crippen molar-refractivity contribution in [1.29, 1.82) is 0 Å². The van der Waals surface area contributed by atoms with Crippen molar-refractivity contribution < 1.29 is 44.2 Å². The first-order chi connectivity index (χ1) is 28.4. The molecule has 1 heterocycles. The van der Waals surface area contributed by atoms with Gasteiger partial charge in [-0.05, 0) is 38.5 Å². The maximum absolute atomic E-state index is 12.8. The summed E-state index contributed by atoms with van der Waals surface area (Å²) in [7, 11) is 0. The largest absolute Gasteiger partial charge is 0.457 e. The molecule has 0 bridgehead atoms. The number of carbonyl (C=O) groups excluding carboxylic acids is 1. The summed E-state index contributed by atoms with van der Waals surface area (Å²) in [6.45, 7) is 4.59. The van der Waals surface area contributed by atoms with Crippen molar-refractivity contribution in [2.75, 3.05) is 26.4 Å². The van der Waals surface area contributed by atoms with Gasteiger partial charge in [-0.2, -0.15) is 0 Å². The number of esters is 1. The van der Waals surface area contributed by atoms with Gasteiger partial charge in [0.05, 0.1) is 19.8 Å². The number of rotatable bonds is 43. The Morgan fingerprint density at radius 1 is 0.534 bits per heavy atom. The third-order valence-corrected chi connectivity index (χ3v) is 11.7. The van der Waals surface area contributed by atoms with Gasteiger partial charge < -0.3 is 39.4 Å². The molecule has 9 heteroatoms. The lowest BCUT2D eigenvalue weighted by Crippen LogP contribution is -2.59. The zero-order valence-electron chi connectivity index (χ0n) is 37.8. The molecule has 1 fully saturated rings. The van der Waals surface area contributed by atoms with Crippen molar-refractivity contribution in [3.63, 3.8) is 0 Å². The van der Waals surface area contributed by atoms with Crippen LogP contribution in [-0.4, -0.2) is 89.6 Å². The van der Waals surface area contributed by atoms with Crippen molar-refractivity contribution in [2.45, 2.75) is 269 Å². The Kier molecular flexibility index (Phi) is 39.1. The molecule has 0 saturated carbocycles. The summed E-state index contributed by atoms with van der Waals surface area (Å²) in [6.07, 6.45) is 39.5. The van der Waals surface area contributed by atoms with Crippen LogP contribution in [0.3, 0.4) is 0 Å². The van der Waals surface area contributed by atoms with Crippen molar-refractivity contribution in [3.8, 4) is 0 Å². The SMILES string of the molecule is CCCCCCCC/C=C\CCCCCCCCCCOCC(COC1OC(CO)C(O)C(O)C1O)OC(=O)CCCCCCCCCCCCCCCCCCC. The van der Waals surface area contributed by atoms with Crippen LogP contribution >= 0.6 is 0 Å². The second-order valence-corrected chi connectivity index (χ2v) is 17.3. The molecule has 58 heavy (non-hydrogen) atoms. The third kappa shape index (κ3) is 31.8. The van der Waals surface area contributed by atoms with Gasteiger partial charge in [-0.3, -0.25) is 4.79 Å². The number of aliphatic hydroxyl groups excluding tert-OH is 4. The van der Waals surface area contributed by atoms with Gasteiger partial charge in [0.1, 0.15) is 30.5 Å². The molecule has 1 aliphatic rings. The fourth-order valence-electron chi connectivity index (χ4n) is 7.78. The van der Waals surface area contributed by atoms with Gasteiger partial charge >= 0.3 is 5.97 Å². The van der Waals surface area contributed by atoms with Crippen LogP contribution in [-0.2, 0) is 23.7 Å². The summed E-state index contributed by atoms with van der Waals surface area (Å²) in [5.41, 5.74) is 0. The Balaban J connectivity index is 2.21. The molecule has 0 aromatic rings. The third-order valence-electron chi connectivity index (χ3n) is 11.7. The first-order valence-electron chi connectivity index (χ1n) is 24.8. The summed E-state index contributed by atoms with van der Waals surface area (Å²) in [5, 5.41) is 40.2. The lowest BCUT2D eigenvalue weighted by molar-refractivity contribution is -0.305. The van der Waals surface area contributed by atoms with E-state index in [9.17, 15) is 25.2 Å². The van der Waals surface area contributed by atoms with Gasteiger partial charge in [0, 0.05) is 13.0 Å². The second-order valence-electron chi connectivity index (χ2n) is 17.3. The van der Waals surface area contributed by atoms with Gasteiger partial charge in [-0.25, -0.2) is 0 Å². The maximum atomic E-state index is 12.8. The standard InChI is InChI=1S/C49H94O9/c1-3-5-7-9-11-13-15-17-19-21-23-25-27-29-31-33-35-37-39-55-41-43(42-56-49-48(54)47(53)46(52)44(40-50)58-49)57-45(51)38-36-34-32-30-28-26-24-22-20-18-16-14-12-10-8-6-4-2/h17,19,43-44,46-50,52-54H,3-16,18,20-42H2,1-2H3/b19-17-. The van der Waals surface area contributed by atoms with Crippen LogP contribution in [0.25, 0.3) is 0 Å². The number of hydrogen-bond donors (Lipinski definition) is 4. The Hall–Kier alpha value is -1.07. The molecule has 4 N–H and O–H groups in total. The highest BCUT2D eigenvalue weighted by Crippen LogP contribution is 2.23. The number of allylic oxidation sites excluding steroid dienone is 2. The molecule has 6 atom stereocenters. The van der Waals surface area contributed by atoms with Gasteiger partial charge in [0.2, 0.25) is 0 Å². The highest BCUT2D eigenvalue weighted by Gasteiger charge is 2.44. The average molecular weight is 827 g/mol. The van der Waals surface area contributed by atoms with Gasteiger partial charge in [-0.15, -0.1) is 0 Å². The highest BCUT2D eigenvalue weighted by molar-refractivity contribution is 5.69. The van der Waals surface area contributed by atoms with Gasteiger partial charge in [0.25, 0.3) is 0 Å². The van der Waals surface area contributed by atoms with Crippen molar-refractivity contribution in [3.05, 3.63) is 12.2 Å². The average Bonchev–Trinajstić information content (AvgIpc) is 3.22. The Bertz CT molecular complexity index is 899. The Morgan fingerprint density at radius 3 is 1.40 bits per heavy atom. The van der Waals surface area contributed by atoms with Crippen LogP contribution < -0.4 is 0 Å². The monoisotopic (exact) mass is 827 g/mol. The van der Waals surface area contributed by atoms with E-state index in [0.29, 0.717) is 13.0 Å². The van der Waals surface area contributed by atoms with E-state index in [-0.39, 0.29) is 19.2 Å². The number of unbranched alkanes of at least 4 members (excludes halogenated alkanes) is 30. The van der Waals surface area contributed by atoms with Gasteiger partial charge in [-0.1, -0.05) is 199 Å². The topological polar surface area (TPSA) is 135 Å². The normalized spacial score (nSPS) is 20.3. The molecule has 1 saturated heterocycles. The van der Waals surface area contributed by atoms with Crippen molar-refractivity contribution in [1.82, 2.24) is 0 Å². The number of aliphatic hydroxyl groups is 4. The first-order valence-corrected chi connectivity index (χ1v) is 24.8. The fraction of sp³-hybridized carbons (Fsp3) is 0.939. The molecule has 0 radical (unpaired) electrons. The summed E-state index contributed by atoms with van der Waals surface area (Å²) in [4.78, 5) is 12.8. The fourth-order valence-corrected chi connectivity index (χ4v) is 7.78. The molecule has 0 aromatic carbocycles. The van der Waals surface area contributed by atoms with E-state index in [2.05, 4.69) is 26.0 Å². The number of hydrogen-bond acceptors (Lipinski definition) is 9. The first kappa shape index (κ1) is 54.9. The smallest absolute Gasteiger partial charge is 0.306 e. The van der Waals surface area contributed by atoms with Crippen LogP contribution in [0.5, 0.6) is 0 Å². The molecule has 344 valence electrons. The minimum atomic E-state index is -1.53. The van der Waals surface area contributed by atoms with E-state index < -0.39 is 43.4 Å². The molecule has 9 nitrogen and oxygen atoms in total. The molecule has 1 rings (SSSR count). The zero-order valence-corrected chi connectivity index (χ0v) is 37.8. The van der Waals surface area contributed by atoms with Crippen LogP contribution in [0, 0.1) is 0 Å². The van der Waals surface area contributed by atoms with Crippen molar-refractivity contribution in [2.24, 2.45) is 0 Å². The molecule has 0 amide bonds. The molecule has 0 aliphatic carbocycles. The molecule has 1 aliphatic heterocycles. The van der Waals surface area contributed by atoms with Crippen LogP contribution in [0.1, 0.15) is 232 Å². The second kappa shape index (κ2) is 41.3. The highest BCUT2D eigenvalue weighted by atomic mass is 16.7. The molecular weight excluding hydrogens is 733 g/mol. The van der Waals surface area contributed by atoms with E-state index in [4.69, 9.17) is 18.9 Å². The number of carbonyl (C=O) groups is 1. The van der Waals surface area contributed by atoms with E-state index in [1.807, 2.05) is 0 Å². The predicted octanol–water partition coefficient (Wildman–Crippen LogP) is 11.6. The van der Waals surface area contributed by atoms with E-state index >= 15 is 0 Å². The lowest BCUT2D eigenvalue weighted by Gasteiger charge is -2.39. The molecule has 6 unspecified atom stereocenters. The molecule has 0 spiro atoms. The summed E-state index contributed by atoms with van der Waals surface area (Å²) in [6, 6.07) is 0. The minimum absolute atomic E-state index is 0.109. The van der Waals surface area contributed by atoms with E-state index in [0.717, 1.165) is 32.1 Å². The zero-order chi connectivity index (χ0) is 42.2. The van der Waals surface area contributed by atoms with Gasteiger partial charge in [0.15, 0.2) is 6.29 Å². The quantitative estimate of drug-likeness (QED) is 0.0269. The van der Waals surface area contributed by atoms with Crippen LogP contribution in [0.15, 0.2) is 12.2 Å². The number of ether oxygens (including phenoxy) is 4. The maximum Gasteiger partial charge on any atom is 0.306 e. The van der Waals surface area contributed by atoms with Crippen LogP contribution in [0.4, 0.5) is 0 Å². The predicted molar refractivity (Wildman–Crippen MR) is 238 cm³/mol.